The molecule has 1 aromatic heterocycles. The number of pyridine rings is 1. The Bertz CT molecular complexity index is 403. The summed E-state index contributed by atoms with van der Waals surface area (Å²) in [6.07, 6.45) is 5.70. The Labute approximate surface area is 110 Å². The fraction of sp³-hybridized carbons (Fsp3) is 0.667. The second-order valence-corrected chi connectivity index (χ2v) is 6.28. The predicted molar refractivity (Wildman–Crippen MR) is 75.0 cm³/mol. The van der Waals surface area contributed by atoms with Gasteiger partial charge in [-0.05, 0) is 36.7 Å². The van der Waals surface area contributed by atoms with Gasteiger partial charge in [0.05, 0.1) is 6.10 Å². The van der Waals surface area contributed by atoms with E-state index in [1.165, 1.54) is 6.42 Å². The zero-order chi connectivity index (χ0) is 13.2. The Kier molecular flexibility index (Phi) is 3.79. The summed E-state index contributed by atoms with van der Waals surface area (Å²) >= 11 is 0. The van der Waals surface area contributed by atoms with Crippen LogP contribution < -0.4 is 10.1 Å². The van der Waals surface area contributed by atoms with Gasteiger partial charge >= 0.3 is 0 Å². The first-order valence-corrected chi connectivity index (χ1v) is 6.79. The van der Waals surface area contributed by atoms with Crippen LogP contribution in [0.15, 0.2) is 18.3 Å². The normalized spacial score (nSPS) is 26.7. The van der Waals surface area contributed by atoms with Crippen molar-refractivity contribution in [2.24, 2.45) is 11.3 Å². The van der Waals surface area contributed by atoms with Crippen molar-refractivity contribution in [3.8, 4) is 5.75 Å². The number of aromatic nitrogens is 1. The molecule has 2 rings (SSSR count). The fourth-order valence-corrected chi connectivity index (χ4v) is 3.16. The van der Waals surface area contributed by atoms with Crippen molar-refractivity contribution in [2.75, 3.05) is 12.4 Å². The smallest absolute Gasteiger partial charge is 0.129 e. The summed E-state index contributed by atoms with van der Waals surface area (Å²) in [4.78, 5) is 4.20. The van der Waals surface area contributed by atoms with Crippen molar-refractivity contribution in [3.63, 3.8) is 0 Å². The third-order valence-electron chi connectivity index (χ3n) is 3.64. The van der Waals surface area contributed by atoms with E-state index < -0.39 is 0 Å². The van der Waals surface area contributed by atoms with Crippen molar-refractivity contribution in [2.45, 2.75) is 46.1 Å². The lowest BCUT2D eigenvalue weighted by atomic mass is 9.71. The summed E-state index contributed by atoms with van der Waals surface area (Å²) in [5.41, 5.74) is 0.390. The third-order valence-corrected chi connectivity index (χ3v) is 3.64. The number of anilines is 1. The van der Waals surface area contributed by atoms with E-state index in [0.717, 1.165) is 30.3 Å². The van der Waals surface area contributed by atoms with E-state index in [2.05, 4.69) is 31.1 Å². The van der Waals surface area contributed by atoms with Crippen LogP contribution in [0, 0.1) is 11.3 Å². The van der Waals surface area contributed by atoms with Crippen molar-refractivity contribution in [3.05, 3.63) is 18.3 Å². The van der Waals surface area contributed by atoms with Gasteiger partial charge < -0.3 is 10.1 Å². The lowest BCUT2D eigenvalue weighted by molar-refractivity contribution is 0.0562. The maximum Gasteiger partial charge on any atom is 0.129 e. The summed E-state index contributed by atoms with van der Waals surface area (Å²) in [6.45, 7) is 7.00. The van der Waals surface area contributed by atoms with Crippen molar-refractivity contribution < 1.29 is 4.74 Å². The van der Waals surface area contributed by atoms with Crippen LogP contribution >= 0.6 is 0 Å². The maximum absolute atomic E-state index is 6.12. The first-order valence-electron chi connectivity index (χ1n) is 6.79. The van der Waals surface area contributed by atoms with E-state index in [9.17, 15) is 0 Å². The molecule has 0 spiro atoms. The summed E-state index contributed by atoms with van der Waals surface area (Å²) in [5.74, 6) is 2.52. The molecule has 3 nitrogen and oxygen atoms in total. The molecule has 1 aliphatic rings. The van der Waals surface area contributed by atoms with E-state index in [1.54, 1.807) is 6.20 Å². The predicted octanol–water partition coefficient (Wildman–Crippen LogP) is 3.72. The minimum absolute atomic E-state index is 0.329. The number of hydrogen-bond acceptors (Lipinski definition) is 3. The van der Waals surface area contributed by atoms with Crippen molar-refractivity contribution in [1.82, 2.24) is 4.98 Å². The first kappa shape index (κ1) is 13.2. The Morgan fingerprint density at radius 2 is 2.17 bits per heavy atom. The molecule has 0 aromatic carbocycles. The Morgan fingerprint density at radius 1 is 1.39 bits per heavy atom. The van der Waals surface area contributed by atoms with Crippen LogP contribution in [0.2, 0.25) is 0 Å². The molecule has 1 N–H and O–H groups in total. The molecule has 18 heavy (non-hydrogen) atoms. The zero-order valence-corrected chi connectivity index (χ0v) is 11.9. The highest BCUT2D eigenvalue weighted by Crippen LogP contribution is 2.40. The van der Waals surface area contributed by atoms with Gasteiger partial charge in [-0.2, -0.15) is 0 Å². The van der Waals surface area contributed by atoms with Crippen LogP contribution in [0.1, 0.15) is 40.0 Å². The third kappa shape index (κ3) is 3.37. The number of nitrogens with one attached hydrogen (secondary N) is 1. The average molecular weight is 248 g/mol. The van der Waals surface area contributed by atoms with Gasteiger partial charge in [-0.3, -0.25) is 0 Å². The molecule has 1 aromatic rings. The molecule has 0 bridgehead atoms. The topological polar surface area (TPSA) is 34.1 Å². The second-order valence-electron chi connectivity index (χ2n) is 6.28. The van der Waals surface area contributed by atoms with Crippen molar-refractivity contribution >= 4 is 5.82 Å². The molecule has 1 aliphatic carbocycles. The molecule has 0 amide bonds. The highest BCUT2D eigenvalue weighted by molar-refractivity contribution is 5.39. The van der Waals surface area contributed by atoms with E-state index in [1.807, 2.05) is 19.2 Å². The largest absolute Gasteiger partial charge is 0.490 e. The highest BCUT2D eigenvalue weighted by Gasteiger charge is 2.33. The average Bonchev–Trinajstić information content (AvgIpc) is 2.26. The standard InChI is InChI=1S/C15H24N2O/c1-11-7-13(10-15(2,3)9-11)18-12-5-6-17-14(8-12)16-4/h5-6,8,11,13H,7,9-10H2,1-4H3,(H,16,17). The first-order chi connectivity index (χ1) is 8.48. The maximum atomic E-state index is 6.12. The Morgan fingerprint density at radius 3 is 2.83 bits per heavy atom. The fourth-order valence-electron chi connectivity index (χ4n) is 3.16. The van der Waals surface area contributed by atoms with Gasteiger partial charge in [-0.1, -0.05) is 20.8 Å². The van der Waals surface area contributed by atoms with Crippen LogP contribution in [0.25, 0.3) is 0 Å². The molecule has 1 heterocycles. The molecule has 2 unspecified atom stereocenters. The molecule has 100 valence electrons. The zero-order valence-electron chi connectivity index (χ0n) is 11.9. The molecule has 0 saturated heterocycles. The second kappa shape index (κ2) is 5.17. The van der Waals surface area contributed by atoms with Crippen LogP contribution in [0.3, 0.4) is 0 Å². The molecule has 3 heteroatoms. The summed E-state index contributed by atoms with van der Waals surface area (Å²) in [7, 11) is 1.87. The molecule has 0 radical (unpaired) electrons. The molecular weight excluding hydrogens is 224 g/mol. The Hall–Kier alpha value is -1.25. The van der Waals surface area contributed by atoms with Gasteiger partial charge in [-0.25, -0.2) is 4.98 Å². The molecule has 0 aliphatic heterocycles. The molecule has 1 saturated carbocycles. The van der Waals surface area contributed by atoms with Crippen LogP contribution in [0.4, 0.5) is 5.82 Å². The molecule has 2 atom stereocenters. The van der Waals surface area contributed by atoms with Gasteiger partial charge in [-0.15, -0.1) is 0 Å². The summed E-state index contributed by atoms with van der Waals surface area (Å²) < 4.78 is 6.12. The quantitative estimate of drug-likeness (QED) is 0.885. The van der Waals surface area contributed by atoms with Crippen LogP contribution in [0.5, 0.6) is 5.75 Å². The van der Waals surface area contributed by atoms with E-state index >= 15 is 0 Å². The number of ether oxygens (including phenoxy) is 1. The minimum Gasteiger partial charge on any atom is -0.490 e. The number of nitrogens with zero attached hydrogens (tertiary/aromatic N) is 1. The van der Waals surface area contributed by atoms with Gasteiger partial charge in [0.25, 0.3) is 0 Å². The highest BCUT2D eigenvalue weighted by atomic mass is 16.5. The van der Waals surface area contributed by atoms with Crippen LogP contribution in [-0.2, 0) is 0 Å². The van der Waals surface area contributed by atoms with Crippen LogP contribution in [-0.4, -0.2) is 18.1 Å². The molecular formula is C15H24N2O. The lowest BCUT2D eigenvalue weighted by Crippen LogP contribution is -2.34. The van der Waals surface area contributed by atoms with Gasteiger partial charge in [0.15, 0.2) is 0 Å². The molecule has 1 fully saturated rings. The summed E-state index contributed by atoms with van der Waals surface area (Å²) in [6, 6.07) is 3.90. The van der Waals surface area contributed by atoms with E-state index in [-0.39, 0.29) is 0 Å². The monoisotopic (exact) mass is 248 g/mol. The lowest BCUT2D eigenvalue weighted by Gasteiger charge is -2.38. The SMILES string of the molecule is CNc1cc(OC2CC(C)CC(C)(C)C2)ccn1. The van der Waals surface area contributed by atoms with Gasteiger partial charge in [0, 0.05) is 19.3 Å². The van der Waals surface area contributed by atoms with Crippen molar-refractivity contribution in [1.29, 1.82) is 0 Å². The van der Waals surface area contributed by atoms with E-state index in [4.69, 9.17) is 4.74 Å². The Balaban J connectivity index is 2.04. The van der Waals surface area contributed by atoms with Gasteiger partial charge in [0.2, 0.25) is 0 Å². The summed E-state index contributed by atoms with van der Waals surface area (Å²) in [5, 5.41) is 3.04. The number of hydrogen-bond donors (Lipinski definition) is 1. The van der Waals surface area contributed by atoms with Gasteiger partial charge in [0.1, 0.15) is 11.6 Å². The van der Waals surface area contributed by atoms with E-state index in [0.29, 0.717) is 11.5 Å². The number of rotatable bonds is 3. The minimum atomic E-state index is 0.329.